The fourth-order valence-corrected chi connectivity index (χ4v) is 3.01. The summed E-state index contributed by atoms with van der Waals surface area (Å²) in [5.74, 6) is -0.443. The lowest BCUT2D eigenvalue weighted by Gasteiger charge is -2.15. The van der Waals surface area contributed by atoms with Crippen LogP contribution in [0, 0.1) is 5.82 Å². The Bertz CT molecular complexity index is 1290. The third kappa shape index (κ3) is 3.59. The first-order valence-corrected chi connectivity index (χ1v) is 8.64. The summed E-state index contributed by atoms with van der Waals surface area (Å²) in [5, 5.41) is 0. The van der Waals surface area contributed by atoms with Crippen LogP contribution in [-0.2, 0) is 12.7 Å². The summed E-state index contributed by atoms with van der Waals surface area (Å²) in [6.07, 6.45) is -1.92. The van der Waals surface area contributed by atoms with Gasteiger partial charge >= 0.3 is 11.9 Å². The molecule has 2 aliphatic rings. The molecule has 10 heteroatoms. The van der Waals surface area contributed by atoms with Crippen LogP contribution in [0.4, 0.5) is 17.6 Å². The number of halogens is 4. The Hall–Kier alpha value is -3.82. The summed E-state index contributed by atoms with van der Waals surface area (Å²) in [4.78, 5) is 32.7. The Kier molecular flexibility index (Phi) is 4.69. The Labute approximate surface area is 166 Å². The van der Waals surface area contributed by atoms with Gasteiger partial charge in [-0.15, -0.1) is 0 Å². The van der Waals surface area contributed by atoms with Gasteiger partial charge in [0.05, 0.1) is 17.8 Å². The predicted octanol–water partition coefficient (Wildman–Crippen LogP) is 3.10. The van der Waals surface area contributed by atoms with E-state index in [2.05, 4.69) is 9.97 Å². The zero-order chi connectivity index (χ0) is 21.5. The van der Waals surface area contributed by atoms with E-state index in [1.165, 1.54) is 28.8 Å². The Morgan fingerprint density at radius 2 is 1.70 bits per heavy atom. The average molecular weight is 416 g/mol. The van der Waals surface area contributed by atoms with Crippen LogP contribution in [-0.4, -0.2) is 19.1 Å². The Balaban J connectivity index is 1.77. The minimum absolute atomic E-state index is 0.0505. The zero-order valence-corrected chi connectivity index (χ0v) is 15.1. The SMILES string of the molecule is O=c1nc2n(Cc3ccc(C(F)(F)F)nc3)cccc-2c(=O)n1-c1ccc(F)cc1. The van der Waals surface area contributed by atoms with Crippen LogP contribution in [0.25, 0.3) is 17.1 Å². The second-order valence-electron chi connectivity index (χ2n) is 6.43. The lowest BCUT2D eigenvalue weighted by Crippen LogP contribution is -2.36. The van der Waals surface area contributed by atoms with Gasteiger partial charge in [0.1, 0.15) is 11.5 Å². The molecule has 1 aromatic carbocycles. The van der Waals surface area contributed by atoms with E-state index in [4.69, 9.17) is 0 Å². The molecule has 0 atom stereocenters. The summed E-state index contributed by atoms with van der Waals surface area (Å²) >= 11 is 0. The maximum atomic E-state index is 13.2. The van der Waals surface area contributed by atoms with E-state index in [1.807, 2.05) is 0 Å². The van der Waals surface area contributed by atoms with Crippen molar-refractivity contribution in [2.75, 3.05) is 0 Å². The van der Waals surface area contributed by atoms with Gasteiger partial charge in [0, 0.05) is 12.4 Å². The summed E-state index contributed by atoms with van der Waals surface area (Å²) in [6.45, 7) is 0.0505. The summed E-state index contributed by atoms with van der Waals surface area (Å²) < 4.78 is 53.5. The minimum atomic E-state index is -4.55. The van der Waals surface area contributed by atoms with Crippen molar-refractivity contribution in [1.82, 2.24) is 19.1 Å². The van der Waals surface area contributed by atoms with Gasteiger partial charge in [-0.1, -0.05) is 6.07 Å². The van der Waals surface area contributed by atoms with Crippen LogP contribution in [0.15, 0.2) is 70.5 Å². The highest BCUT2D eigenvalue weighted by molar-refractivity contribution is 5.56. The molecule has 0 spiro atoms. The van der Waals surface area contributed by atoms with Crippen LogP contribution < -0.4 is 11.2 Å². The van der Waals surface area contributed by atoms with Crippen LogP contribution >= 0.6 is 0 Å². The molecule has 1 aromatic heterocycles. The summed E-state index contributed by atoms with van der Waals surface area (Å²) in [5.41, 5.74) is -1.79. The van der Waals surface area contributed by atoms with E-state index in [0.29, 0.717) is 5.56 Å². The molecule has 2 aliphatic heterocycles. The molecule has 0 saturated carbocycles. The highest BCUT2D eigenvalue weighted by Crippen LogP contribution is 2.27. The minimum Gasteiger partial charge on any atom is -0.328 e. The molecule has 0 aliphatic carbocycles. The van der Waals surface area contributed by atoms with Gasteiger partial charge < -0.3 is 4.57 Å². The molecule has 0 bridgehead atoms. The van der Waals surface area contributed by atoms with Crippen molar-refractivity contribution in [3.8, 4) is 17.1 Å². The molecule has 0 unspecified atom stereocenters. The molecule has 30 heavy (non-hydrogen) atoms. The van der Waals surface area contributed by atoms with Gasteiger partial charge in [0.25, 0.3) is 5.56 Å². The summed E-state index contributed by atoms with van der Waals surface area (Å²) in [6, 6.07) is 9.97. The fraction of sp³-hybridized carbons (Fsp3) is 0.100. The monoisotopic (exact) mass is 416 g/mol. The molecule has 0 saturated heterocycles. The number of nitrogens with zero attached hydrogens (tertiary/aromatic N) is 4. The van der Waals surface area contributed by atoms with Gasteiger partial charge in [-0.25, -0.2) is 13.8 Å². The first-order chi connectivity index (χ1) is 14.2. The van der Waals surface area contributed by atoms with Gasteiger partial charge in [0.15, 0.2) is 5.82 Å². The standard InChI is InChI=1S/C20H12F4N4O2/c21-13-4-6-14(7-5-13)28-18(29)15-2-1-9-27(17(15)26-19(28)30)11-12-3-8-16(25-10-12)20(22,23)24/h1-10H,11H2. The molecule has 2 aromatic rings. The predicted molar refractivity (Wildman–Crippen MR) is 99.0 cm³/mol. The lowest BCUT2D eigenvalue weighted by molar-refractivity contribution is -0.141. The molecule has 0 N–H and O–H groups in total. The number of alkyl halides is 3. The number of pyridine rings is 2. The zero-order valence-electron chi connectivity index (χ0n) is 15.1. The van der Waals surface area contributed by atoms with Crippen LogP contribution in [0.5, 0.6) is 0 Å². The van der Waals surface area contributed by atoms with Crippen molar-refractivity contribution in [2.45, 2.75) is 12.7 Å². The maximum absolute atomic E-state index is 13.2. The maximum Gasteiger partial charge on any atom is 0.433 e. The molecule has 3 heterocycles. The van der Waals surface area contributed by atoms with Crippen molar-refractivity contribution in [1.29, 1.82) is 0 Å². The van der Waals surface area contributed by atoms with Gasteiger partial charge in [-0.05, 0) is 48.0 Å². The van der Waals surface area contributed by atoms with E-state index in [1.54, 1.807) is 12.3 Å². The topological polar surface area (TPSA) is 69.8 Å². The van der Waals surface area contributed by atoms with E-state index in [9.17, 15) is 27.2 Å². The molecule has 0 amide bonds. The highest BCUT2D eigenvalue weighted by Gasteiger charge is 2.32. The normalized spacial score (nSPS) is 11.7. The number of hydrogen-bond donors (Lipinski definition) is 0. The fourth-order valence-electron chi connectivity index (χ4n) is 3.01. The number of hydrogen-bond acceptors (Lipinski definition) is 4. The summed E-state index contributed by atoms with van der Waals surface area (Å²) in [7, 11) is 0. The Morgan fingerprint density at radius 1 is 0.967 bits per heavy atom. The quantitative estimate of drug-likeness (QED) is 0.482. The van der Waals surface area contributed by atoms with E-state index >= 15 is 0 Å². The number of fused-ring (bicyclic) bond motifs is 1. The van der Waals surface area contributed by atoms with Gasteiger partial charge in [0.2, 0.25) is 0 Å². The molecule has 6 nitrogen and oxygen atoms in total. The number of aromatic nitrogens is 4. The smallest absolute Gasteiger partial charge is 0.328 e. The van der Waals surface area contributed by atoms with E-state index < -0.39 is 28.9 Å². The molecular formula is C20H12F4N4O2. The van der Waals surface area contributed by atoms with Gasteiger partial charge in [-0.2, -0.15) is 18.2 Å². The molecule has 4 rings (SSSR count). The first-order valence-electron chi connectivity index (χ1n) is 8.64. The van der Waals surface area contributed by atoms with E-state index in [0.717, 1.165) is 29.0 Å². The molecule has 0 radical (unpaired) electrons. The Morgan fingerprint density at radius 3 is 2.33 bits per heavy atom. The van der Waals surface area contributed by atoms with Crippen molar-refractivity contribution >= 4 is 0 Å². The second-order valence-corrected chi connectivity index (χ2v) is 6.43. The highest BCUT2D eigenvalue weighted by atomic mass is 19.4. The average Bonchev–Trinajstić information content (AvgIpc) is 2.70. The third-order valence-corrected chi connectivity index (χ3v) is 4.42. The van der Waals surface area contributed by atoms with Crippen molar-refractivity contribution in [2.24, 2.45) is 0 Å². The largest absolute Gasteiger partial charge is 0.433 e. The van der Waals surface area contributed by atoms with Crippen molar-refractivity contribution in [3.63, 3.8) is 0 Å². The van der Waals surface area contributed by atoms with Gasteiger partial charge in [-0.3, -0.25) is 9.78 Å². The van der Waals surface area contributed by atoms with Crippen molar-refractivity contribution in [3.05, 3.63) is 98.8 Å². The molecule has 0 fully saturated rings. The van der Waals surface area contributed by atoms with Crippen LogP contribution in [0.2, 0.25) is 0 Å². The molecular weight excluding hydrogens is 404 g/mol. The molecule has 152 valence electrons. The van der Waals surface area contributed by atoms with E-state index in [-0.39, 0.29) is 23.6 Å². The van der Waals surface area contributed by atoms with Crippen LogP contribution in [0.1, 0.15) is 11.3 Å². The third-order valence-electron chi connectivity index (χ3n) is 4.42. The first kappa shape index (κ1) is 19.5. The van der Waals surface area contributed by atoms with Crippen molar-refractivity contribution < 1.29 is 17.6 Å². The lowest BCUT2D eigenvalue weighted by atomic mass is 10.2. The van der Waals surface area contributed by atoms with Crippen LogP contribution in [0.3, 0.4) is 0 Å². The number of rotatable bonds is 3. The number of benzene rings is 1. The second kappa shape index (κ2) is 7.21.